The Labute approximate surface area is 220 Å². The van der Waals surface area contributed by atoms with Crippen LogP contribution in [0.15, 0.2) is 60.7 Å². The van der Waals surface area contributed by atoms with Gasteiger partial charge in [0.25, 0.3) is 0 Å². The summed E-state index contributed by atoms with van der Waals surface area (Å²) in [7, 11) is 1.65. The van der Waals surface area contributed by atoms with Crippen molar-refractivity contribution in [2.24, 2.45) is 0 Å². The van der Waals surface area contributed by atoms with Crippen molar-refractivity contribution in [3.63, 3.8) is 0 Å². The Morgan fingerprint density at radius 2 is 1.89 bits per heavy atom. The molecular weight excluding hydrogens is 500 g/mol. The largest absolute Gasteiger partial charge is 0.495 e. The second-order valence-electron chi connectivity index (χ2n) is 8.60. The zero-order valence-electron chi connectivity index (χ0n) is 19.7. The van der Waals surface area contributed by atoms with E-state index in [4.69, 9.17) is 21.3 Å². The lowest BCUT2D eigenvalue weighted by Crippen LogP contribution is -2.16. The molecule has 1 heterocycles. The van der Waals surface area contributed by atoms with Crippen LogP contribution in [-0.4, -0.2) is 18.0 Å². The highest BCUT2D eigenvalue weighted by Crippen LogP contribution is 2.38. The molecule has 5 nitrogen and oxygen atoms in total. The second kappa shape index (κ2) is 11.1. The topological polar surface area (TPSA) is 63.2 Å². The van der Waals surface area contributed by atoms with Gasteiger partial charge in [-0.3, -0.25) is 9.78 Å². The van der Waals surface area contributed by atoms with Crippen LogP contribution in [0.3, 0.4) is 0 Å². The van der Waals surface area contributed by atoms with Gasteiger partial charge in [0.15, 0.2) is 0 Å². The number of aromatic nitrogens is 1. The molecule has 0 atom stereocenters. The zero-order chi connectivity index (χ0) is 24.4. The van der Waals surface area contributed by atoms with E-state index in [0.717, 1.165) is 59.4 Å². The number of halogens is 3. The van der Waals surface area contributed by atoms with Gasteiger partial charge in [0.1, 0.15) is 11.6 Å². The Morgan fingerprint density at radius 3 is 2.69 bits per heavy atom. The Balaban J connectivity index is 0.00000304. The molecule has 5 rings (SSSR count). The average Bonchev–Trinajstić information content (AvgIpc) is 2.87. The highest BCUT2D eigenvalue weighted by Gasteiger charge is 2.20. The predicted octanol–water partition coefficient (Wildman–Crippen LogP) is 7.26. The van der Waals surface area contributed by atoms with Crippen LogP contribution in [0, 0.1) is 5.82 Å². The number of ether oxygens (including phenoxy) is 1. The number of fused-ring (bicyclic) bond motifs is 2. The minimum absolute atomic E-state index is 0. The van der Waals surface area contributed by atoms with Crippen LogP contribution < -0.4 is 15.4 Å². The maximum Gasteiger partial charge on any atom is 0.228 e. The van der Waals surface area contributed by atoms with Gasteiger partial charge in [-0.25, -0.2) is 4.39 Å². The third-order valence-electron chi connectivity index (χ3n) is 6.31. The Kier molecular flexibility index (Phi) is 7.97. The number of carbonyl (C=O) groups excluding carboxylic acids is 1. The molecule has 0 radical (unpaired) electrons. The quantitative estimate of drug-likeness (QED) is 0.278. The van der Waals surface area contributed by atoms with Gasteiger partial charge in [0.2, 0.25) is 5.91 Å². The standard InChI is InChI=1S/C28H25ClFN3O2.ClH/c1-35-26-12-5-4-11-25(26)33-28-18-7-2-3-10-23(18)32-24-14-13-17(15-20(24)28)31-27(34)16-19-21(29)8-6-9-22(19)30;/h4-6,8-9,11-15H,2-3,7,10,16H2,1H3,(H,31,34)(H,32,33);1H. The third-order valence-corrected chi connectivity index (χ3v) is 6.67. The highest BCUT2D eigenvalue weighted by atomic mass is 35.5. The fraction of sp³-hybridized carbons (Fsp3) is 0.214. The van der Waals surface area contributed by atoms with E-state index in [-0.39, 0.29) is 35.3 Å². The summed E-state index contributed by atoms with van der Waals surface area (Å²) < 4.78 is 19.7. The summed E-state index contributed by atoms with van der Waals surface area (Å²) in [4.78, 5) is 17.7. The normalized spacial score (nSPS) is 12.4. The number of amides is 1. The van der Waals surface area contributed by atoms with Gasteiger partial charge >= 0.3 is 0 Å². The molecule has 36 heavy (non-hydrogen) atoms. The number of hydrogen-bond donors (Lipinski definition) is 2. The number of hydrogen-bond acceptors (Lipinski definition) is 4. The van der Waals surface area contributed by atoms with Crippen LogP contribution in [0.1, 0.15) is 29.7 Å². The molecule has 0 unspecified atom stereocenters. The number of para-hydroxylation sites is 2. The molecule has 3 aromatic carbocycles. The van der Waals surface area contributed by atoms with Crippen LogP contribution in [0.25, 0.3) is 10.9 Å². The molecule has 0 aliphatic heterocycles. The van der Waals surface area contributed by atoms with Crippen molar-refractivity contribution >= 4 is 57.9 Å². The Bertz CT molecular complexity index is 1410. The Morgan fingerprint density at radius 1 is 1.08 bits per heavy atom. The number of carbonyl (C=O) groups is 1. The molecule has 1 amide bonds. The molecule has 0 spiro atoms. The first-order chi connectivity index (χ1) is 17.0. The fourth-order valence-corrected chi connectivity index (χ4v) is 4.82. The van der Waals surface area contributed by atoms with Crippen LogP contribution >= 0.6 is 24.0 Å². The van der Waals surface area contributed by atoms with Crippen LogP contribution in [0.2, 0.25) is 5.02 Å². The van der Waals surface area contributed by atoms with Gasteiger partial charge in [0, 0.05) is 27.4 Å². The van der Waals surface area contributed by atoms with E-state index in [9.17, 15) is 9.18 Å². The molecule has 0 saturated heterocycles. The number of benzene rings is 3. The zero-order valence-corrected chi connectivity index (χ0v) is 21.3. The second-order valence-corrected chi connectivity index (χ2v) is 9.01. The van der Waals surface area contributed by atoms with E-state index in [1.807, 2.05) is 42.5 Å². The predicted molar refractivity (Wildman–Crippen MR) is 146 cm³/mol. The van der Waals surface area contributed by atoms with Gasteiger partial charge in [0.05, 0.1) is 30.4 Å². The maximum atomic E-state index is 14.1. The molecule has 0 saturated carbocycles. The molecule has 186 valence electrons. The monoisotopic (exact) mass is 525 g/mol. The van der Waals surface area contributed by atoms with Crippen molar-refractivity contribution < 1.29 is 13.9 Å². The number of nitrogens with one attached hydrogen (secondary N) is 2. The summed E-state index contributed by atoms with van der Waals surface area (Å²) in [5.74, 6) is -0.0972. The summed E-state index contributed by atoms with van der Waals surface area (Å²) in [5.41, 5.74) is 5.76. The molecule has 0 bridgehead atoms. The minimum atomic E-state index is -0.495. The number of rotatable bonds is 6. The summed E-state index contributed by atoms with van der Waals surface area (Å²) >= 11 is 6.10. The highest BCUT2D eigenvalue weighted by molar-refractivity contribution is 6.31. The van der Waals surface area contributed by atoms with Gasteiger partial charge < -0.3 is 15.4 Å². The van der Waals surface area contributed by atoms with E-state index in [2.05, 4.69) is 10.6 Å². The van der Waals surface area contributed by atoms with Crippen molar-refractivity contribution in [2.75, 3.05) is 17.7 Å². The van der Waals surface area contributed by atoms with E-state index < -0.39 is 5.82 Å². The summed E-state index contributed by atoms with van der Waals surface area (Å²) in [5, 5.41) is 7.61. The SMILES string of the molecule is COc1ccccc1Nc1c2c(nc3ccc(NC(=O)Cc4c(F)cccc4Cl)cc13)CCCC2.Cl. The van der Waals surface area contributed by atoms with Crippen molar-refractivity contribution in [1.82, 2.24) is 4.98 Å². The molecule has 0 fully saturated rings. The molecule has 4 aromatic rings. The fourth-order valence-electron chi connectivity index (χ4n) is 4.59. The van der Waals surface area contributed by atoms with Gasteiger partial charge in [-0.05, 0) is 73.7 Å². The van der Waals surface area contributed by atoms with Crippen LogP contribution in [0.5, 0.6) is 5.75 Å². The maximum absolute atomic E-state index is 14.1. The van der Waals surface area contributed by atoms with Crippen LogP contribution in [0.4, 0.5) is 21.5 Å². The van der Waals surface area contributed by atoms with E-state index in [1.165, 1.54) is 17.7 Å². The first-order valence-electron chi connectivity index (χ1n) is 11.6. The molecular formula is C28H26Cl2FN3O2. The first-order valence-corrected chi connectivity index (χ1v) is 12.0. The number of methoxy groups -OCH3 is 1. The molecule has 1 aliphatic carbocycles. The molecule has 1 aliphatic rings. The number of pyridine rings is 1. The van der Waals surface area contributed by atoms with E-state index in [0.29, 0.717) is 5.69 Å². The molecule has 2 N–H and O–H groups in total. The number of nitrogens with zero attached hydrogens (tertiary/aromatic N) is 1. The summed E-state index contributed by atoms with van der Waals surface area (Å²) in [6.45, 7) is 0. The van der Waals surface area contributed by atoms with Crippen molar-refractivity contribution in [1.29, 1.82) is 0 Å². The van der Waals surface area contributed by atoms with Gasteiger partial charge in [-0.2, -0.15) is 0 Å². The summed E-state index contributed by atoms with van der Waals surface area (Å²) in [6, 6.07) is 17.8. The molecule has 8 heteroatoms. The lowest BCUT2D eigenvalue weighted by atomic mass is 9.92. The van der Waals surface area contributed by atoms with Crippen molar-refractivity contribution in [3.8, 4) is 5.75 Å². The third kappa shape index (κ3) is 5.25. The van der Waals surface area contributed by atoms with E-state index >= 15 is 0 Å². The van der Waals surface area contributed by atoms with E-state index in [1.54, 1.807) is 13.2 Å². The first kappa shape index (κ1) is 25.7. The average molecular weight is 526 g/mol. The molecule has 1 aromatic heterocycles. The van der Waals surface area contributed by atoms with Gasteiger partial charge in [-0.15, -0.1) is 12.4 Å². The smallest absolute Gasteiger partial charge is 0.228 e. The minimum Gasteiger partial charge on any atom is -0.495 e. The van der Waals surface area contributed by atoms with Gasteiger partial charge in [-0.1, -0.05) is 29.8 Å². The number of aryl methyl sites for hydroxylation is 1. The Hall–Kier alpha value is -3.35. The lowest BCUT2D eigenvalue weighted by molar-refractivity contribution is -0.115. The van der Waals surface area contributed by atoms with Crippen molar-refractivity contribution in [3.05, 3.63) is 88.3 Å². The number of anilines is 3. The van der Waals surface area contributed by atoms with Crippen LogP contribution in [-0.2, 0) is 24.1 Å². The lowest BCUT2D eigenvalue weighted by Gasteiger charge is -2.23. The van der Waals surface area contributed by atoms with Crippen molar-refractivity contribution in [2.45, 2.75) is 32.1 Å². The summed E-state index contributed by atoms with van der Waals surface area (Å²) in [6.07, 6.45) is 3.93.